The van der Waals surface area contributed by atoms with Crippen molar-refractivity contribution in [3.8, 4) is 0 Å². The monoisotopic (exact) mass is 410 g/mol. The van der Waals surface area contributed by atoms with Crippen molar-refractivity contribution in [3.63, 3.8) is 0 Å². The summed E-state index contributed by atoms with van der Waals surface area (Å²) in [7, 11) is -3.49. The first-order chi connectivity index (χ1) is 11.3. The maximum absolute atomic E-state index is 11.7. The van der Waals surface area contributed by atoms with E-state index in [1.165, 1.54) is 17.7 Å². The summed E-state index contributed by atoms with van der Waals surface area (Å²) in [4.78, 5) is 12.8. The minimum atomic E-state index is -3.49. The van der Waals surface area contributed by atoms with Crippen molar-refractivity contribution in [2.75, 3.05) is 17.7 Å². The molecule has 0 bridgehead atoms. The maximum Gasteiger partial charge on any atom is 0.293 e. The molecule has 24 heavy (non-hydrogen) atoms. The third-order valence-corrected chi connectivity index (χ3v) is 5.98. The smallest absolute Gasteiger partial charge is 0.293 e. The summed E-state index contributed by atoms with van der Waals surface area (Å²) >= 11 is 3.53. The molecule has 6 nitrogen and oxygen atoms in total. The number of sulfone groups is 1. The number of hydrogen-bond acceptors (Lipinski definition) is 5. The Morgan fingerprint density at radius 3 is 2.67 bits per heavy atom. The van der Waals surface area contributed by atoms with Gasteiger partial charge in [-0.15, -0.1) is 0 Å². The normalized spacial score (nSPS) is 14.3. The average molecular weight is 411 g/mol. The van der Waals surface area contributed by atoms with Gasteiger partial charge in [-0.25, -0.2) is 8.42 Å². The number of nitro benzene ring substituents is 1. The number of anilines is 1. The van der Waals surface area contributed by atoms with E-state index in [1.807, 2.05) is 17.0 Å². The molecule has 2 aromatic carbocycles. The van der Waals surface area contributed by atoms with Gasteiger partial charge in [-0.1, -0.05) is 28.1 Å². The van der Waals surface area contributed by atoms with E-state index < -0.39 is 14.8 Å². The maximum atomic E-state index is 11.7. The topological polar surface area (TPSA) is 80.5 Å². The van der Waals surface area contributed by atoms with E-state index >= 15 is 0 Å². The van der Waals surface area contributed by atoms with E-state index in [2.05, 4.69) is 22.0 Å². The Labute approximate surface area is 148 Å². The van der Waals surface area contributed by atoms with Crippen molar-refractivity contribution in [2.24, 2.45) is 0 Å². The molecule has 0 radical (unpaired) electrons. The fourth-order valence-corrected chi connectivity index (χ4v) is 4.07. The van der Waals surface area contributed by atoms with E-state index in [4.69, 9.17) is 0 Å². The molecule has 0 amide bonds. The van der Waals surface area contributed by atoms with Crippen LogP contribution in [-0.2, 0) is 22.8 Å². The number of rotatable bonds is 3. The first-order valence-electron chi connectivity index (χ1n) is 7.27. The highest BCUT2D eigenvalue weighted by Gasteiger charge is 2.26. The highest BCUT2D eigenvalue weighted by atomic mass is 79.9. The lowest BCUT2D eigenvalue weighted by atomic mass is 9.99. The molecule has 0 aliphatic carbocycles. The van der Waals surface area contributed by atoms with Crippen LogP contribution in [0.1, 0.15) is 11.1 Å². The summed E-state index contributed by atoms with van der Waals surface area (Å²) in [5, 5.41) is 11.4. The van der Waals surface area contributed by atoms with Crippen LogP contribution in [0.25, 0.3) is 0 Å². The molecule has 1 aliphatic rings. The molecular weight excluding hydrogens is 396 g/mol. The summed E-state index contributed by atoms with van der Waals surface area (Å²) in [5.41, 5.74) is 2.57. The molecule has 126 valence electrons. The molecule has 0 aromatic heterocycles. The first-order valence-corrected chi connectivity index (χ1v) is 9.95. The lowest BCUT2D eigenvalue weighted by Gasteiger charge is -2.31. The van der Waals surface area contributed by atoms with Gasteiger partial charge in [-0.3, -0.25) is 10.1 Å². The molecule has 0 unspecified atom stereocenters. The van der Waals surface area contributed by atoms with Gasteiger partial charge in [0.25, 0.3) is 5.69 Å². The van der Waals surface area contributed by atoms with Crippen LogP contribution in [0, 0.1) is 10.1 Å². The zero-order chi connectivity index (χ0) is 17.5. The van der Waals surface area contributed by atoms with Gasteiger partial charge in [0.05, 0.1) is 9.82 Å². The van der Waals surface area contributed by atoms with Gasteiger partial charge in [0.2, 0.25) is 0 Å². The fourth-order valence-electron chi connectivity index (χ4n) is 2.89. The van der Waals surface area contributed by atoms with Crippen LogP contribution in [0.2, 0.25) is 0 Å². The second-order valence-corrected chi connectivity index (χ2v) is 8.60. The zero-order valence-corrected chi connectivity index (χ0v) is 15.3. The van der Waals surface area contributed by atoms with Crippen LogP contribution in [0.15, 0.2) is 45.8 Å². The SMILES string of the molecule is CS(=O)(=O)c1ccc(N2CCc3cccc(Br)c3C2)c([N+](=O)[O-])c1. The molecule has 0 fully saturated rings. The summed E-state index contributed by atoms with van der Waals surface area (Å²) in [6.45, 7) is 1.18. The predicted molar refractivity (Wildman–Crippen MR) is 95.1 cm³/mol. The van der Waals surface area contributed by atoms with Crippen LogP contribution in [0.3, 0.4) is 0 Å². The van der Waals surface area contributed by atoms with Crippen molar-refractivity contribution < 1.29 is 13.3 Å². The quantitative estimate of drug-likeness (QED) is 0.572. The van der Waals surface area contributed by atoms with Crippen molar-refractivity contribution in [2.45, 2.75) is 17.9 Å². The van der Waals surface area contributed by atoms with E-state index in [0.29, 0.717) is 18.8 Å². The number of nitro groups is 1. The average Bonchev–Trinajstić information content (AvgIpc) is 2.53. The van der Waals surface area contributed by atoms with Crippen LogP contribution in [0.4, 0.5) is 11.4 Å². The molecule has 2 aromatic rings. The summed E-state index contributed by atoms with van der Waals surface area (Å²) in [6, 6.07) is 10.1. The molecule has 0 saturated carbocycles. The molecule has 8 heteroatoms. The van der Waals surface area contributed by atoms with Crippen molar-refractivity contribution in [3.05, 3.63) is 62.1 Å². The minimum Gasteiger partial charge on any atom is -0.361 e. The Morgan fingerprint density at radius 2 is 2.00 bits per heavy atom. The molecule has 1 aliphatic heterocycles. The predicted octanol–water partition coefficient (Wildman–Crippen LogP) is 3.32. The molecule has 0 saturated heterocycles. The van der Waals surface area contributed by atoms with Crippen LogP contribution in [-0.4, -0.2) is 26.1 Å². The van der Waals surface area contributed by atoms with Gasteiger partial charge >= 0.3 is 0 Å². The Bertz CT molecular complexity index is 928. The fraction of sp³-hybridized carbons (Fsp3) is 0.250. The Morgan fingerprint density at radius 1 is 1.25 bits per heavy atom. The largest absolute Gasteiger partial charge is 0.361 e. The van der Waals surface area contributed by atoms with Gasteiger partial charge in [0.1, 0.15) is 5.69 Å². The number of halogens is 1. The van der Waals surface area contributed by atoms with Gasteiger partial charge in [0.15, 0.2) is 9.84 Å². The lowest BCUT2D eigenvalue weighted by molar-refractivity contribution is -0.384. The van der Waals surface area contributed by atoms with Crippen molar-refractivity contribution in [1.82, 2.24) is 0 Å². The Kier molecular flexibility index (Phi) is 4.35. The number of hydrogen-bond donors (Lipinski definition) is 0. The van der Waals surface area contributed by atoms with Gasteiger partial charge in [0, 0.05) is 29.9 Å². The second kappa shape index (κ2) is 6.18. The van der Waals surface area contributed by atoms with E-state index in [0.717, 1.165) is 28.8 Å². The van der Waals surface area contributed by atoms with Crippen molar-refractivity contribution >= 4 is 37.1 Å². The highest BCUT2D eigenvalue weighted by Crippen LogP contribution is 2.35. The Hall–Kier alpha value is -1.93. The molecular formula is C16H15BrN2O4S. The Balaban J connectivity index is 2.04. The summed E-state index contributed by atoms with van der Waals surface area (Å²) in [6.07, 6.45) is 1.82. The molecule has 0 N–H and O–H groups in total. The molecule has 3 rings (SSSR count). The number of nitrogens with zero attached hydrogens (tertiary/aromatic N) is 2. The van der Waals surface area contributed by atoms with Crippen LogP contribution >= 0.6 is 15.9 Å². The number of fused-ring (bicyclic) bond motifs is 1. The summed E-state index contributed by atoms with van der Waals surface area (Å²) in [5.74, 6) is 0. The van der Waals surface area contributed by atoms with Gasteiger partial charge < -0.3 is 4.90 Å². The molecule has 0 atom stereocenters. The third kappa shape index (κ3) is 3.16. The van der Waals surface area contributed by atoms with Crippen LogP contribution in [0.5, 0.6) is 0 Å². The highest BCUT2D eigenvalue weighted by molar-refractivity contribution is 9.10. The third-order valence-electron chi connectivity index (χ3n) is 4.13. The first kappa shape index (κ1) is 16.9. The second-order valence-electron chi connectivity index (χ2n) is 5.73. The van der Waals surface area contributed by atoms with Gasteiger partial charge in [-0.2, -0.15) is 0 Å². The van der Waals surface area contributed by atoms with E-state index in [-0.39, 0.29) is 10.6 Å². The zero-order valence-electron chi connectivity index (χ0n) is 12.9. The van der Waals surface area contributed by atoms with Crippen molar-refractivity contribution in [1.29, 1.82) is 0 Å². The van der Waals surface area contributed by atoms with E-state index in [9.17, 15) is 18.5 Å². The molecule has 0 spiro atoms. The van der Waals surface area contributed by atoms with Gasteiger partial charge in [-0.05, 0) is 35.7 Å². The summed E-state index contributed by atoms with van der Waals surface area (Å²) < 4.78 is 24.3. The van der Waals surface area contributed by atoms with Crippen LogP contribution < -0.4 is 4.90 Å². The lowest BCUT2D eigenvalue weighted by Crippen LogP contribution is -2.31. The minimum absolute atomic E-state index is 0.0449. The van der Waals surface area contributed by atoms with E-state index in [1.54, 1.807) is 0 Å². The standard InChI is InChI=1S/C16H15BrN2O4S/c1-24(22,23)12-5-6-15(16(9-12)19(20)21)18-8-7-11-3-2-4-14(17)13(11)10-18/h2-6,9H,7-8,10H2,1H3. The molecule has 1 heterocycles. The number of benzene rings is 2.